The highest BCUT2D eigenvalue weighted by atomic mass is 35.5. The highest BCUT2D eigenvalue weighted by molar-refractivity contribution is 6.32. The molecular formula is C24H20ClN3O5. The van der Waals surface area contributed by atoms with E-state index in [1.807, 2.05) is 0 Å². The molecule has 8 nitrogen and oxygen atoms in total. The molecular weight excluding hydrogens is 446 g/mol. The second-order valence-corrected chi connectivity index (χ2v) is 7.26. The number of aromatic nitrogens is 1. The smallest absolute Gasteiger partial charge is 0.338 e. The number of amides is 1. The van der Waals surface area contributed by atoms with Gasteiger partial charge in [0.05, 0.1) is 23.6 Å². The summed E-state index contributed by atoms with van der Waals surface area (Å²) < 4.78 is 5.00. The Hall–Kier alpha value is -4.04. The van der Waals surface area contributed by atoms with Crippen LogP contribution in [0.25, 0.3) is 6.08 Å². The van der Waals surface area contributed by atoms with Gasteiger partial charge in [0, 0.05) is 30.2 Å². The predicted molar refractivity (Wildman–Crippen MR) is 125 cm³/mol. The highest BCUT2D eigenvalue weighted by Gasteiger charge is 2.16. The molecule has 0 aliphatic rings. The molecule has 0 aliphatic carbocycles. The molecule has 1 heterocycles. The van der Waals surface area contributed by atoms with Crippen molar-refractivity contribution in [2.75, 3.05) is 11.5 Å². The number of halogens is 1. The predicted octanol–water partition coefficient (Wildman–Crippen LogP) is 5.07. The summed E-state index contributed by atoms with van der Waals surface area (Å²) >= 11 is 5.85. The van der Waals surface area contributed by atoms with E-state index >= 15 is 0 Å². The van der Waals surface area contributed by atoms with Crippen LogP contribution in [-0.4, -0.2) is 28.4 Å². The number of carbonyl (C=O) groups excluding carboxylic acids is 2. The van der Waals surface area contributed by atoms with E-state index < -0.39 is 10.9 Å². The summed E-state index contributed by atoms with van der Waals surface area (Å²) in [4.78, 5) is 41.1. The number of esters is 1. The Kier molecular flexibility index (Phi) is 7.88. The van der Waals surface area contributed by atoms with Crippen LogP contribution in [-0.2, 0) is 16.1 Å². The molecule has 168 valence electrons. The first kappa shape index (κ1) is 23.6. The lowest BCUT2D eigenvalue weighted by atomic mass is 10.1. The third-order valence-corrected chi connectivity index (χ3v) is 4.95. The van der Waals surface area contributed by atoms with E-state index in [2.05, 4.69) is 4.98 Å². The van der Waals surface area contributed by atoms with E-state index in [0.717, 1.165) is 5.56 Å². The van der Waals surface area contributed by atoms with Crippen LogP contribution in [0, 0.1) is 10.1 Å². The number of nitro groups is 1. The lowest BCUT2D eigenvalue weighted by Gasteiger charge is -2.22. The molecule has 0 saturated heterocycles. The molecule has 0 N–H and O–H groups in total. The van der Waals surface area contributed by atoms with Gasteiger partial charge in [-0.1, -0.05) is 17.7 Å². The van der Waals surface area contributed by atoms with Crippen LogP contribution in [0.4, 0.5) is 11.4 Å². The summed E-state index contributed by atoms with van der Waals surface area (Å²) in [5.74, 6) is -0.798. The molecule has 0 aliphatic heterocycles. The SMILES string of the molecule is CCOC(=O)c1ccc(N(Cc2ccncc2)C(=O)/C=C/c2ccc(Cl)c([N+](=O)[O-])c2)cc1. The molecule has 3 rings (SSSR count). The Bertz CT molecular complexity index is 1180. The molecule has 0 radical (unpaired) electrons. The summed E-state index contributed by atoms with van der Waals surface area (Å²) in [5.41, 5.74) is 2.01. The number of hydrogen-bond acceptors (Lipinski definition) is 6. The van der Waals surface area contributed by atoms with Crippen molar-refractivity contribution in [2.24, 2.45) is 0 Å². The Morgan fingerprint density at radius 1 is 1.12 bits per heavy atom. The number of ether oxygens (including phenoxy) is 1. The summed E-state index contributed by atoms with van der Waals surface area (Å²) in [7, 11) is 0. The number of rotatable bonds is 8. The Balaban J connectivity index is 1.88. The molecule has 0 spiro atoms. The van der Waals surface area contributed by atoms with Crippen molar-refractivity contribution in [1.29, 1.82) is 0 Å². The monoisotopic (exact) mass is 465 g/mol. The standard InChI is InChI=1S/C24H20ClN3O5/c1-2-33-24(30)19-5-7-20(8-6-19)27(16-18-11-13-26-14-12-18)23(29)10-4-17-3-9-21(25)22(15-17)28(31)32/h3-15H,2,16H2,1H3/b10-4+. The van der Waals surface area contributed by atoms with E-state index in [1.54, 1.807) is 61.8 Å². The van der Waals surface area contributed by atoms with Gasteiger partial charge in [0.2, 0.25) is 0 Å². The Labute approximate surface area is 195 Å². The fraction of sp³-hybridized carbons (Fsp3) is 0.125. The molecule has 0 fully saturated rings. The van der Waals surface area contributed by atoms with Gasteiger partial charge in [-0.05, 0) is 66.6 Å². The number of nitro benzene ring substituents is 1. The first-order valence-corrected chi connectivity index (χ1v) is 10.4. The van der Waals surface area contributed by atoms with E-state index in [1.165, 1.54) is 29.2 Å². The Morgan fingerprint density at radius 2 is 1.82 bits per heavy atom. The quantitative estimate of drug-likeness (QED) is 0.199. The minimum Gasteiger partial charge on any atom is -0.462 e. The average Bonchev–Trinajstić information content (AvgIpc) is 2.82. The van der Waals surface area contributed by atoms with Crippen molar-refractivity contribution in [2.45, 2.75) is 13.5 Å². The maximum absolute atomic E-state index is 13.1. The van der Waals surface area contributed by atoms with Crippen molar-refractivity contribution >= 4 is 40.9 Å². The maximum Gasteiger partial charge on any atom is 0.338 e. The van der Waals surface area contributed by atoms with Gasteiger partial charge in [0.1, 0.15) is 5.02 Å². The van der Waals surface area contributed by atoms with Crippen molar-refractivity contribution in [3.8, 4) is 0 Å². The zero-order valence-electron chi connectivity index (χ0n) is 17.7. The fourth-order valence-corrected chi connectivity index (χ4v) is 3.18. The number of anilines is 1. The first-order chi connectivity index (χ1) is 15.9. The number of pyridine rings is 1. The molecule has 9 heteroatoms. The molecule has 0 bridgehead atoms. The van der Waals surface area contributed by atoms with Crippen LogP contribution in [0.2, 0.25) is 5.02 Å². The fourth-order valence-electron chi connectivity index (χ4n) is 2.99. The average molecular weight is 466 g/mol. The van der Waals surface area contributed by atoms with Crippen LogP contribution in [0.15, 0.2) is 73.1 Å². The number of benzene rings is 2. The molecule has 1 aromatic heterocycles. The maximum atomic E-state index is 13.1. The summed E-state index contributed by atoms with van der Waals surface area (Å²) in [6, 6.07) is 14.4. The normalized spacial score (nSPS) is 10.7. The zero-order valence-corrected chi connectivity index (χ0v) is 18.4. The van der Waals surface area contributed by atoms with Gasteiger partial charge in [-0.2, -0.15) is 0 Å². The summed E-state index contributed by atoms with van der Waals surface area (Å²) in [6.45, 7) is 2.25. The number of hydrogen-bond donors (Lipinski definition) is 0. The molecule has 2 aromatic carbocycles. The lowest BCUT2D eigenvalue weighted by molar-refractivity contribution is -0.384. The van der Waals surface area contributed by atoms with E-state index in [-0.39, 0.29) is 29.8 Å². The van der Waals surface area contributed by atoms with Crippen molar-refractivity contribution < 1.29 is 19.2 Å². The molecule has 1 amide bonds. The largest absolute Gasteiger partial charge is 0.462 e. The Morgan fingerprint density at radius 3 is 2.45 bits per heavy atom. The van der Waals surface area contributed by atoms with Crippen LogP contribution in [0.3, 0.4) is 0 Å². The first-order valence-electron chi connectivity index (χ1n) is 9.98. The number of nitrogens with zero attached hydrogens (tertiary/aromatic N) is 3. The van der Waals surface area contributed by atoms with Gasteiger partial charge < -0.3 is 9.64 Å². The molecule has 3 aromatic rings. The van der Waals surface area contributed by atoms with Gasteiger partial charge in [-0.15, -0.1) is 0 Å². The van der Waals surface area contributed by atoms with Gasteiger partial charge in [0.25, 0.3) is 11.6 Å². The second kappa shape index (κ2) is 11.0. The van der Waals surface area contributed by atoms with Crippen molar-refractivity contribution in [3.05, 3.63) is 105 Å². The zero-order chi connectivity index (χ0) is 23.8. The lowest BCUT2D eigenvalue weighted by Crippen LogP contribution is -2.28. The van der Waals surface area contributed by atoms with Gasteiger partial charge in [-0.25, -0.2) is 4.79 Å². The molecule has 0 saturated carbocycles. The highest BCUT2D eigenvalue weighted by Crippen LogP contribution is 2.26. The third-order valence-electron chi connectivity index (χ3n) is 4.63. The van der Waals surface area contributed by atoms with E-state index in [4.69, 9.17) is 16.3 Å². The third kappa shape index (κ3) is 6.24. The van der Waals surface area contributed by atoms with Crippen molar-refractivity contribution in [1.82, 2.24) is 4.98 Å². The van der Waals surface area contributed by atoms with Gasteiger partial charge >= 0.3 is 5.97 Å². The summed E-state index contributed by atoms with van der Waals surface area (Å²) in [6.07, 6.45) is 6.07. The minimum absolute atomic E-state index is 0.0180. The van der Waals surface area contributed by atoms with E-state index in [9.17, 15) is 19.7 Å². The minimum atomic E-state index is -0.581. The molecule has 0 unspecified atom stereocenters. The number of carbonyl (C=O) groups is 2. The van der Waals surface area contributed by atoms with Crippen LogP contribution in [0.1, 0.15) is 28.4 Å². The molecule has 0 atom stereocenters. The van der Waals surface area contributed by atoms with Gasteiger partial charge in [0.15, 0.2) is 0 Å². The topological polar surface area (TPSA) is 103 Å². The van der Waals surface area contributed by atoms with Gasteiger partial charge in [-0.3, -0.25) is 19.9 Å². The summed E-state index contributed by atoms with van der Waals surface area (Å²) in [5, 5.41) is 11.1. The van der Waals surface area contributed by atoms with Crippen LogP contribution >= 0.6 is 11.6 Å². The van der Waals surface area contributed by atoms with Crippen LogP contribution in [0.5, 0.6) is 0 Å². The van der Waals surface area contributed by atoms with Crippen LogP contribution < -0.4 is 4.90 Å². The van der Waals surface area contributed by atoms with Crippen molar-refractivity contribution in [3.63, 3.8) is 0 Å². The second-order valence-electron chi connectivity index (χ2n) is 6.85. The van der Waals surface area contributed by atoms with E-state index in [0.29, 0.717) is 16.8 Å². The molecule has 33 heavy (non-hydrogen) atoms.